The summed E-state index contributed by atoms with van der Waals surface area (Å²) in [7, 11) is -5.04. The lowest BCUT2D eigenvalue weighted by Crippen LogP contribution is -2.62. The molecule has 1 fully saturated rings. The van der Waals surface area contributed by atoms with Crippen molar-refractivity contribution in [3.05, 3.63) is 0 Å². The van der Waals surface area contributed by atoms with Gasteiger partial charge in [-0.3, -0.25) is 18.9 Å². The maximum atomic E-state index is 14.4. The second-order valence-electron chi connectivity index (χ2n) is 18.8. The van der Waals surface area contributed by atoms with Gasteiger partial charge in [0, 0.05) is 6.54 Å². The van der Waals surface area contributed by atoms with E-state index < -0.39 is 62.0 Å². The first-order valence-electron chi connectivity index (χ1n) is 26.9. The molecule has 384 valence electrons. The highest BCUT2D eigenvalue weighted by Gasteiger charge is 2.48. The summed E-state index contributed by atoms with van der Waals surface area (Å²) in [4.78, 5) is 54.7. The van der Waals surface area contributed by atoms with Crippen LogP contribution in [-0.4, -0.2) is 97.5 Å². The molecule has 0 spiro atoms. The number of carbonyl (C=O) groups excluding carboxylic acids is 3. The SMILES string of the molecule is [2H]OP(=O)(O)O[C@H]1[C@H](OC(=O)C(CCCCCCCCCCCCCC)CCCCCCCCCCCCCC)[C@@H](NC(=O)C[C@H](O)CCCCCC)CO[C@@H]1COCC(=O)NCCCN. The molecule has 0 saturated carbocycles. The molecule has 1 aliphatic heterocycles. The number of amides is 2. The monoisotopic (exact) mass is 949 g/mol. The van der Waals surface area contributed by atoms with Gasteiger partial charge in [-0.25, -0.2) is 4.57 Å². The molecule has 7 N–H and O–H groups in total. The van der Waals surface area contributed by atoms with Gasteiger partial charge in [0.25, 0.3) is 0 Å². The Morgan fingerprint density at radius 3 is 1.63 bits per heavy atom. The van der Waals surface area contributed by atoms with E-state index in [0.29, 0.717) is 38.8 Å². The Morgan fingerprint density at radius 2 is 1.15 bits per heavy atom. The number of nitrogens with two attached hydrogens (primary N) is 1. The van der Waals surface area contributed by atoms with Crippen LogP contribution in [0.15, 0.2) is 0 Å². The molecule has 0 aromatic rings. The minimum Gasteiger partial charge on any atom is -0.457 e. The zero-order valence-electron chi connectivity index (χ0n) is 42.4. The number of esters is 1. The Balaban J connectivity index is 3.17. The standard InChI is InChI=1S/C50H98N3O11P/c1-4-7-10-13-15-17-19-21-23-25-27-29-33-42(34-30-28-26-24-22-20-18-16-14-11-8-5-2)50(57)63-48-44(53-46(55)38-43(54)35-31-12-9-6-3)39-62-45(49(48)64-65(58,59)60)40-61-41-47(56)52-37-32-36-51/h42-45,48-49,54H,4-41,51H2,1-3H3,(H,52,56)(H,53,55)(H2,58,59,60)/t43-,44+,45-,48-,49-/m1/s1/i/hD. The number of carbonyl (C=O) groups is 3. The van der Waals surface area contributed by atoms with Crippen molar-refractivity contribution in [2.75, 3.05) is 32.9 Å². The molecule has 1 aliphatic rings. The third-order valence-electron chi connectivity index (χ3n) is 12.6. The van der Waals surface area contributed by atoms with E-state index in [9.17, 15) is 28.9 Å². The van der Waals surface area contributed by atoms with Crippen LogP contribution in [-0.2, 0) is 37.7 Å². The van der Waals surface area contributed by atoms with Crippen LogP contribution in [0.3, 0.4) is 0 Å². The van der Waals surface area contributed by atoms with Gasteiger partial charge in [-0.2, -0.15) is 0 Å². The maximum Gasteiger partial charge on any atom is 0.470 e. The average Bonchev–Trinajstić information content (AvgIpc) is 3.29. The van der Waals surface area contributed by atoms with Gasteiger partial charge in [0.05, 0.1) is 37.7 Å². The minimum atomic E-state index is -5.04. The second kappa shape index (κ2) is 41.3. The second-order valence-corrected chi connectivity index (χ2v) is 19.9. The highest BCUT2D eigenvalue weighted by atomic mass is 31.2. The van der Waals surface area contributed by atoms with Crippen LogP contribution in [0.5, 0.6) is 0 Å². The first-order valence-corrected chi connectivity index (χ1v) is 28.0. The molecule has 2 amide bonds. The van der Waals surface area contributed by atoms with Gasteiger partial charge >= 0.3 is 13.8 Å². The normalized spacial score (nSPS) is 19.2. The molecule has 0 aromatic carbocycles. The van der Waals surface area contributed by atoms with E-state index in [1.165, 1.54) is 103 Å². The molecular weight excluding hydrogens is 850 g/mol. The van der Waals surface area contributed by atoms with E-state index in [-0.39, 0.29) is 26.2 Å². The molecule has 1 saturated heterocycles. The topological polar surface area (TPSA) is 216 Å². The largest absolute Gasteiger partial charge is 0.470 e. The Labute approximate surface area is 396 Å². The van der Waals surface area contributed by atoms with Crippen molar-refractivity contribution < 1.29 is 52.6 Å². The number of hydrogen-bond acceptors (Lipinski definition) is 11. The zero-order chi connectivity index (χ0) is 48.5. The quantitative estimate of drug-likeness (QED) is 0.0191. The average molecular weight is 949 g/mol. The van der Waals surface area contributed by atoms with Crippen molar-refractivity contribution in [2.45, 2.75) is 263 Å². The van der Waals surface area contributed by atoms with E-state index >= 15 is 0 Å². The highest BCUT2D eigenvalue weighted by molar-refractivity contribution is 7.46. The summed E-state index contributed by atoms with van der Waals surface area (Å²) in [5.74, 6) is -1.88. The molecule has 14 nitrogen and oxygen atoms in total. The Hall–Kier alpha value is -1.64. The van der Waals surface area contributed by atoms with E-state index in [1.54, 1.807) is 0 Å². The van der Waals surface area contributed by atoms with Crippen molar-refractivity contribution in [2.24, 2.45) is 11.7 Å². The van der Waals surface area contributed by atoms with Crippen LogP contribution in [0.4, 0.5) is 0 Å². The summed E-state index contributed by atoms with van der Waals surface area (Å²) < 4.78 is 43.6. The van der Waals surface area contributed by atoms with Gasteiger partial charge in [0.2, 0.25) is 13.2 Å². The number of aliphatic hydroxyl groups excluding tert-OH is 1. The zero-order valence-corrected chi connectivity index (χ0v) is 42.3. The van der Waals surface area contributed by atoms with Crippen LogP contribution < -0.4 is 16.4 Å². The lowest BCUT2D eigenvalue weighted by molar-refractivity contribution is -0.194. The first-order chi connectivity index (χ1) is 32.0. The number of nitrogens with one attached hydrogen (secondary N) is 2. The minimum absolute atomic E-state index is 0.188. The van der Waals surface area contributed by atoms with Crippen LogP contribution in [0.2, 0.25) is 0 Å². The summed E-state index contributed by atoms with van der Waals surface area (Å²) >= 11 is 0. The molecular formula is C50H98N3O11P. The van der Waals surface area contributed by atoms with E-state index in [1.807, 2.05) is 0 Å². The Kier molecular flexibility index (Phi) is 37.8. The van der Waals surface area contributed by atoms with Gasteiger partial charge in [-0.05, 0) is 32.2 Å². The lowest BCUT2D eigenvalue weighted by atomic mass is 9.93. The predicted molar refractivity (Wildman–Crippen MR) is 260 cm³/mol. The third kappa shape index (κ3) is 34.3. The Bertz CT molecular complexity index is 1210. The smallest absolute Gasteiger partial charge is 0.457 e. The fourth-order valence-electron chi connectivity index (χ4n) is 8.67. The molecule has 1 heterocycles. The van der Waals surface area contributed by atoms with Gasteiger partial charge in [-0.15, -0.1) is 0 Å². The third-order valence-corrected chi connectivity index (χ3v) is 13.1. The van der Waals surface area contributed by atoms with Gasteiger partial charge in [0.1, 0.15) is 18.8 Å². The highest BCUT2D eigenvalue weighted by Crippen LogP contribution is 2.41. The maximum absolute atomic E-state index is 14.4. The number of hydrogen-bond donors (Lipinski definition) is 6. The molecule has 15 heteroatoms. The van der Waals surface area contributed by atoms with Gasteiger partial charge in [-0.1, -0.05) is 201 Å². The summed E-state index contributed by atoms with van der Waals surface area (Å²) in [5, 5.41) is 16.2. The van der Waals surface area contributed by atoms with E-state index in [0.717, 1.165) is 77.0 Å². The van der Waals surface area contributed by atoms with Crippen molar-refractivity contribution in [3.63, 3.8) is 0 Å². The summed E-state index contributed by atoms with van der Waals surface area (Å²) in [6.45, 7) is 6.50. The Morgan fingerprint density at radius 1 is 0.692 bits per heavy atom. The molecule has 0 radical (unpaired) electrons. The summed E-state index contributed by atoms with van der Waals surface area (Å²) in [5.41, 5.74) is 5.53. The van der Waals surface area contributed by atoms with Crippen LogP contribution in [0, 0.1) is 5.92 Å². The number of phosphoric ester groups is 1. The lowest BCUT2D eigenvalue weighted by Gasteiger charge is -2.42. The van der Waals surface area contributed by atoms with Crippen LogP contribution in [0.1, 0.15) is 233 Å². The van der Waals surface area contributed by atoms with Crippen LogP contribution in [0.25, 0.3) is 0 Å². The number of phosphoric acid groups is 1. The molecule has 0 aromatic heterocycles. The number of aliphatic hydroxyl groups is 1. The number of unbranched alkanes of at least 4 members (excludes halogenated alkanes) is 25. The fourth-order valence-corrected chi connectivity index (χ4v) is 9.23. The van der Waals surface area contributed by atoms with Crippen LogP contribution >= 0.6 is 7.82 Å². The van der Waals surface area contributed by atoms with Crippen molar-refractivity contribution >= 4 is 25.6 Å². The summed E-state index contributed by atoms with van der Waals surface area (Å²) in [6, 6.07) is -1.04. The molecule has 1 unspecified atom stereocenters. The van der Waals surface area contributed by atoms with E-state index in [4.69, 9.17) is 25.9 Å². The van der Waals surface area contributed by atoms with Crippen molar-refractivity contribution in [3.8, 4) is 0 Å². The number of ether oxygens (including phenoxy) is 3. The van der Waals surface area contributed by atoms with Crippen molar-refractivity contribution in [1.29, 1.82) is 1.43 Å². The molecule has 1 rings (SSSR count). The van der Waals surface area contributed by atoms with Gasteiger partial charge in [0.15, 0.2) is 6.10 Å². The summed E-state index contributed by atoms with van der Waals surface area (Å²) in [6.07, 6.45) is 29.7. The van der Waals surface area contributed by atoms with E-state index in [2.05, 4.69) is 36.3 Å². The first kappa shape index (κ1) is 59.5. The predicted octanol–water partition coefficient (Wildman–Crippen LogP) is 10.3. The molecule has 6 atom stereocenters. The molecule has 0 aliphatic carbocycles. The molecule has 65 heavy (non-hydrogen) atoms. The fraction of sp³-hybridized carbons (Fsp3) is 0.940. The van der Waals surface area contributed by atoms with Crippen molar-refractivity contribution in [1.82, 2.24) is 10.6 Å². The number of rotatable bonds is 46. The van der Waals surface area contributed by atoms with Gasteiger partial charge < -0.3 is 45.5 Å². The molecule has 0 bridgehead atoms.